The molecule has 0 fully saturated rings. The van der Waals surface area contributed by atoms with Crippen LogP contribution in [0.15, 0.2) is 36.7 Å². The molecule has 1 aromatic carbocycles. The van der Waals surface area contributed by atoms with E-state index in [0.29, 0.717) is 23.9 Å². The zero-order valence-corrected chi connectivity index (χ0v) is 13.0. The van der Waals surface area contributed by atoms with Crippen molar-refractivity contribution in [3.05, 3.63) is 47.8 Å². The number of pyridine rings is 1. The third kappa shape index (κ3) is 3.42. The summed E-state index contributed by atoms with van der Waals surface area (Å²) in [5, 5.41) is 0.725. The van der Waals surface area contributed by atoms with E-state index in [-0.39, 0.29) is 0 Å². The monoisotopic (exact) mass is 337 g/mol. The summed E-state index contributed by atoms with van der Waals surface area (Å²) < 4.78 is 16.6. The zero-order chi connectivity index (χ0) is 14.4. The molecule has 0 N–H and O–H groups in total. The minimum absolute atomic E-state index is 0.411. The highest BCUT2D eigenvalue weighted by Gasteiger charge is 2.14. The van der Waals surface area contributed by atoms with Crippen molar-refractivity contribution in [2.24, 2.45) is 0 Å². The summed E-state index contributed by atoms with van der Waals surface area (Å²) in [4.78, 5) is 4.06. The molecule has 4 nitrogen and oxygen atoms in total. The number of ether oxygens (including phenoxy) is 3. The molecule has 1 heterocycles. The smallest absolute Gasteiger partial charge is 0.203 e. The Morgan fingerprint density at radius 3 is 2.30 bits per heavy atom. The largest absolute Gasteiger partial charge is 0.493 e. The molecular formula is C15H16BrNO3. The lowest BCUT2D eigenvalue weighted by molar-refractivity contribution is 0.265. The van der Waals surface area contributed by atoms with Gasteiger partial charge < -0.3 is 14.2 Å². The van der Waals surface area contributed by atoms with Crippen LogP contribution >= 0.6 is 15.9 Å². The Morgan fingerprint density at radius 1 is 1.10 bits per heavy atom. The Morgan fingerprint density at radius 2 is 1.80 bits per heavy atom. The van der Waals surface area contributed by atoms with Crippen LogP contribution in [-0.4, -0.2) is 19.2 Å². The van der Waals surface area contributed by atoms with E-state index < -0.39 is 0 Å². The number of alkyl halides is 1. The van der Waals surface area contributed by atoms with Gasteiger partial charge in [0.1, 0.15) is 6.61 Å². The molecule has 0 aliphatic carbocycles. The maximum Gasteiger partial charge on any atom is 0.203 e. The highest BCUT2D eigenvalue weighted by molar-refractivity contribution is 9.08. The molecular weight excluding hydrogens is 322 g/mol. The van der Waals surface area contributed by atoms with Gasteiger partial charge >= 0.3 is 0 Å². The van der Waals surface area contributed by atoms with Crippen molar-refractivity contribution in [2.75, 3.05) is 14.2 Å². The number of hydrogen-bond acceptors (Lipinski definition) is 4. The van der Waals surface area contributed by atoms with Crippen LogP contribution in [0.2, 0.25) is 0 Å². The van der Waals surface area contributed by atoms with Crippen LogP contribution in [0.25, 0.3) is 0 Å². The number of methoxy groups -OCH3 is 2. The molecule has 0 spiro atoms. The molecule has 106 valence electrons. The zero-order valence-electron chi connectivity index (χ0n) is 11.4. The molecule has 0 saturated carbocycles. The molecule has 0 atom stereocenters. The summed E-state index contributed by atoms with van der Waals surface area (Å²) in [6.45, 7) is 0.411. The molecule has 0 radical (unpaired) electrons. The van der Waals surface area contributed by atoms with Crippen LogP contribution < -0.4 is 14.2 Å². The van der Waals surface area contributed by atoms with E-state index in [9.17, 15) is 0 Å². The number of benzene rings is 1. The number of rotatable bonds is 6. The topological polar surface area (TPSA) is 40.6 Å². The average molecular weight is 338 g/mol. The molecule has 0 unspecified atom stereocenters. The fourth-order valence-electron chi connectivity index (χ4n) is 1.79. The Bertz CT molecular complexity index is 535. The van der Waals surface area contributed by atoms with Crippen molar-refractivity contribution in [2.45, 2.75) is 11.9 Å². The first kappa shape index (κ1) is 14.7. The molecule has 0 bridgehead atoms. The van der Waals surface area contributed by atoms with Crippen LogP contribution in [0.5, 0.6) is 17.2 Å². The lowest BCUT2D eigenvalue weighted by atomic mass is 10.2. The number of aromatic nitrogens is 1. The first-order valence-electron chi connectivity index (χ1n) is 6.11. The van der Waals surface area contributed by atoms with E-state index in [0.717, 1.165) is 16.5 Å². The molecule has 0 aliphatic heterocycles. The Kier molecular flexibility index (Phi) is 5.24. The van der Waals surface area contributed by atoms with Gasteiger partial charge in [0, 0.05) is 23.3 Å². The van der Waals surface area contributed by atoms with Crippen molar-refractivity contribution in [1.29, 1.82) is 0 Å². The molecule has 1 aromatic heterocycles. The number of nitrogens with zero attached hydrogens (tertiary/aromatic N) is 1. The molecule has 2 aromatic rings. The summed E-state index contributed by atoms with van der Waals surface area (Å²) in [5.41, 5.74) is 2.05. The van der Waals surface area contributed by atoms with Gasteiger partial charge in [0.15, 0.2) is 11.5 Å². The predicted molar refractivity (Wildman–Crippen MR) is 80.7 cm³/mol. The summed E-state index contributed by atoms with van der Waals surface area (Å²) in [6.07, 6.45) is 3.50. The highest BCUT2D eigenvalue weighted by atomic mass is 79.9. The summed E-state index contributed by atoms with van der Waals surface area (Å²) in [5.74, 6) is 1.91. The molecule has 0 aliphatic rings. The van der Waals surface area contributed by atoms with Crippen LogP contribution in [-0.2, 0) is 11.9 Å². The maximum absolute atomic E-state index is 5.83. The molecule has 2 rings (SSSR count). The minimum Gasteiger partial charge on any atom is -0.493 e. The fourth-order valence-corrected chi connectivity index (χ4v) is 2.12. The predicted octanol–water partition coefficient (Wildman–Crippen LogP) is 3.57. The first-order chi connectivity index (χ1) is 9.78. The quantitative estimate of drug-likeness (QED) is 0.755. The summed E-state index contributed by atoms with van der Waals surface area (Å²) >= 11 is 3.42. The second-order valence-electron chi connectivity index (χ2n) is 4.11. The van der Waals surface area contributed by atoms with Crippen molar-refractivity contribution >= 4 is 15.9 Å². The molecule has 5 heteroatoms. The van der Waals surface area contributed by atoms with Crippen LogP contribution in [0.3, 0.4) is 0 Å². The van der Waals surface area contributed by atoms with Crippen molar-refractivity contribution in [3.8, 4) is 17.2 Å². The lowest BCUT2D eigenvalue weighted by Crippen LogP contribution is -2.01. The Balaban J connectivity index is 2.25. The molecule has 0 saturated heterocycles. The summed E-state index contributed by atoms with van der Waals surface area (Å²) in [6, 6.07) is 7.69. The standard InChI is InChI=1S/C15H16BrNO3/c1-18-13-6-12(8-16)7-14(19-2)15(13)20-10-11-4-3-5-17-9-11/h3-7,9H,8,10H2,1-2H3. The van der Waals surface area contributed by atoms with E-state index in [2.05, 4.69) is 20.9 Å². The van der Waals surface area contributed by atoms with Gasteiger partial charge in [-0.1, -0.05) is 22.0 Å². The van der Waals surface area contributed by atoms with E-state index in [4.69, 9.17) is 14.2 Å². The Hall–Kier alpha value is -1.75. The van der Waals surface area contributed by atoms with E-state index in [1.165, 1.54) is 0 Å². The van der Waals surface area contributed by atoms with E-state index in [1.807, 2.05) is 24.3 Å². The normalized spacial score (nSPS) is 10.2. The first-order valence-corrected chi connectivity index (χ1v) is 7.23. The minimum atomic E-state index is 0.411. The van der Waals surface area contributed by atoms with Gasteiger partial charge in [-0.15, -0.1) is 0 Å². The van der Waals surface area contributed by atoms with Crippen LogP contribution in [0, 0.1) is 0 Å². The average Bonchev–Trinajstić information content (AvgIpc) is 2.52. The van der Waals surface area contributed by atoms with Gasteiger partial charge in [-0.3, -0.25) is 4.98 Å². The van der Waals surface area contributed by atoms with Crippen LogP contribution in [0.4, 0.5) is 0 Å². The fraction of sp³-hybridized carbons (Fsp3) is 0.267. The van der Waals surface area contributed by atoms with Gasteiger partial charge in [-0.2, -0.15) is 0 Å². The lowest BCUT2D eigenvalue weighted by Gasteiger charge is -2.15. The van der Waals surface area contributed by atoms with E-state index >= 15 is 0 Å². The SMILES string of the molecule is COc1cc(CBr)cc(OC)c1OCc1cccnc1. The van der Waals surface area contributed by atoms with Gasteiger partial charge in [0.25, 0.3) is 0 Å². The second-order valence-corrected chi connectivity index (χ2v) is 4.67. The highest BCUT2D eigenvalue weighted by Crippen LogP contribution is 2.39. The number of halogens is 1. The third-order valence-electron chi connectivity index (χ3n) is 2.78. The van der Waals surface area contributed by atoms with Gasteiger partial charge in [-0.05, 0) is 23.8 Å². The molecule has 20 heavy (non-hydrogen) atoms. The number of hydrogen-bond donors (Lipinski definition) is 0. The van der Waals surface area contributed by atoms with Crippen LogP contribution in [0.1, 0.15) is 11.1 Å². The molecule has 0 amide bonds. The van der Waals surface area contributed by atoms with Crippen molar-refractivity contribution < 1.29 is 14.2 Å². The third-order valence-corrected chi connectivity index (χ3v) is 3.43. The van der Waals surface area contributed by atoms with Crippen molar-refractivity contribution in [3.63, 3.8) is 0 Å². The second kappa shape index (κ2) is 7.14. The van der Waals surface area contributed by atoms with E-state index in [1.54, 1.807) is 26.6 Å². The maximum atomic E-state index is 5.83. The van der Waals surface area contributed by atoms with Gasteiger partial charge in [0.05, 0.1) is 14.2 Å². The summed E-state index contributed by atoms with van der Waals surface area (Å²) in [7, 11) is 3.23. The van der Waals surface area contributed by atoms with Gasteiger partial charge in [-0.25, -0.2) is 0 Å². The Labute approximate surface area is 126 Å². The van der Waals surface area contributed by atoms with Crippen molar-refractivity contribution in [1.82, 2.24) is 4.98 Å². The van der Waals surface area contributed by atoms with Gasteiger partial charge in [0.2, 0.25) is 5.75 Å².